The molecular formula is C8H13NO2S. The molecule has 2 atom stereocenters. The summed E-state index contributed by atoms with van der Waals surface area (Å²) in [5, 5.41) is 0.530. The average Bonchev–Trinajstić information content (AvgIpc) is 2.30. The van der Waals surface area contributed by atoms with Crippen LogP contribution in [0.1, 0.15) is 25.7 Å². The van der Waals surface area contributed by atoms with Gasteiger partial charge in [0.1, 0.15) is 0 Å². The molecule has 3 nitrogen and oxygen atoms in total. The highest BCUT2D eigenvalue weighted by Crippen LogP contribution is 2.38. The lowest BCUT2D eigenvalue weighted by Gasteiger charge is -2.24. The zero-order chi connectivity index (χ0) is 8.72. The molecule has 0 radical (unpaired) electrons. The lowest BCUT2D eigenvalue weighted by Crippen LogP contribution is -2.35. The van der Waals surface area contributed by atoms with Crippen molar-refractivity contribution in [1.29, 1.82) is 0 Å². The van der Waals surface area contributed by atoms with E-state index in [0.717, 1.165) is 25.7 Å². The van der Waals surface area contributed by atoms with Crippen LogP contribution in [0.3, 0.4) is 0 Å². The number of hydrogen-bond acceptors (Lipinski definition) is 2. The first-order chi connectivity index (χ1) is 5.68. The van der Waals surface area contributed by atoms with Crippen molar-refractivity contribution in [3.63, 3.8) is 0 Å². The zero-order valence-electron chi connectivity index (χ0n) is 6.86. The van der Waals surface area contributed by atoms with Crippen LogP contribution in [0, 0.1) is 5.92 Å². The first kappa shape index (κ1) is 8.23. The molecule has 0 spiro atoms. The Kier molecular flexibility index (Phi) is 1.94. The van der Waals surface area contributed by atoms with Crippen molar-refractivity contribution in [3.8, 4) is 0 Å². The molecule has 68 valence electrons. The van der Waals surface area contributed by atoms with Crippen molar-refractivity contribution in [2.24, 2.45) is 11.7 Å². The molecule has 0 aromatic carbocycles. The Labute approximate surface area is 74.2 Å². The zero-order valence-corrected chi connectivity index (χ0v) is 7.68. The van der Waals surface area contributed by atoms with E-state index in [-0.39, 0.29) is 22.3 Å². The fourth-order valence-corrected chi connectivity index (χ4v) is 4.39. The molecule has 0 aliphatic carbocycles. The number of hydrogen-bond donors (Lipinski definition) is 1. The molecule has 2 rings (SSSR count). The third-order valence-electron chi connectivity index (χ3n) is 2.96. The van der Waals surface area contributed by atoms with Gasteiger partial charge in [0.15, 0.2) is 0 Å². The highest BCUT2D eigenvalue weighted by molar-refractivity contribution is 7.86. The Morgan fingerprint density at radius 2 is 1.75 bits per heavy atom. The molecule has 0 aromatic heterocycles. The molecule has 2 aliphatic rings. The lowest BCUT2D eigenvalue weighted by atomic mass is 9.99. The number of carbonyl (C=O) groups excluding carboxylic acids is 1. The van der Waals surface area contributed by atoms with Gasteiger partial charge in [0, 0.05) is 27.2 Å². The van der Waals surface area contributed by atoms with Crippen LogP contribution < -0.4 is 5.73 Å². The molecule has 12 heavy (non-hydrogen) atoms. The van der Waals surface area contributed by atoms with Gasteiger partial charge in [-0.25, -0.2) is 0 Å². The number of amides is 1. The smallest absolute Gasteiger partial charge is 0.220 e. The van der Waals surface area contributed by atoms with Gasteiger partial charge < -0.3 is 5.73 Å². The van der Waals surface area contributed by atoms with Gasteiger partial charge in [0.05, 0.1) is 0 Å². The molecule has 1 amide bonds. The number of fused-ring (bicyclic) bond motifs is 2. The molecule has 2 unspecified atom stereocenters. The molecule has 0 aromatic rings. The SMILES string of the molecule is NC(=O)C1CC2CCC(C1)S2=O. The van der Waals surface area contributed by atoms with Crippen molar-refractivity contribution < 1.29 is 9.00 Å². The summed E-state index contributed by atoms with van der Waals surface area (Å²) in [5.41, 5.74) is 5.23. The maximum Gasteiger partial charge on any atom is 0.220 e. The molecule has 0 saturated carbocycles. The van der Waals surface area contributed by atoms with Crippen LogP contribution in [-0.2, 0) is 15.6 Å². The predicted octanol–water partition coefficient (Wildman–Crippen LogP) is 0.161. The van der Waals surface area contributed by atoms with Gasteiger partial charge in [-0.3, -0.25) is 9.00 Å². The third kappa shape index (κ3) is 1.18. The van der Waals surface area contributed by atoms with E-state index in [1.807, 2.05) is 0 Å². The van der Waals surface area contributed by atoms with Gasteiger partial charge in [-0.1, -0.05) is 0 Å². The van der Waals surface area contributed by atoms with Crippen LogP contribution in [0.25, 0.3) is 0 Å². The van der Waals surface area contributed by atoms with Gasteiger partial charge in [0.2, 0.25) is 5.91 Å². The highest BCUT2D eigenvalue weighted by atomic mass is 32.2. The highest BCUT2D eigenvalue weighted by Gasteiger charge is 2.42. The van der Waals surface area contributed by atoms with E-state index >= 15 is 0 Å². The predicted molar refractivity (Wildman–Crippen MR) is 46.9 cm³/mol. The Bertz CT molecular complexity index is 225. The Morgan fingerprint density at radius 3 is 2.17 bits per heavy atom. The van der Waals surface area contributed by atoms with Crippen LogP contribution >= 0.6 is 0 Å². The second kappa shape index (κ2) is 2.83. The van der Waals surface area contributed by atoms with Gasteiger partial charge in [-0.05, 0) is 25.7 Å². The second-order valence-corrected chi connectivity index (χ2v) is 5.71. The van der Waals surface area contributed by atoms with Crippen LogP contribution in [0.2, 0.25) is 0 Å². The van der Waals surface area contributed by atoms with E-state index in [2.05, 4.69) is 0 Å². The van der Waals surface area contributed by atoms with Gasteiger partial charge in [-0.15, -0.1) is 0 Å². The van der Waals surface area contributed by atoms with E-state index in [1.165, 1.54) is 0 Å². The van der Waals surface area contributed by atoms with Crippen molar-refractivity contribution in [2.45, 2.75) is 36.2 Å². The monoisotopic (exact) mass is 187 g/mol. The summed E-state index contributed by atoms with van der Waals surface area (Å²) in [6.45, 7) is 0. The maximum absolute atomic E-state index is 11.5. The summed E-state index contributed by atoms with van der Waals surface area (Å²) < 4.78 is 11.5. The second-order valence-electron chi connectivity index (χ2n) is 3.72. The topological polar surface area (TPSA) is 60.2 Å². The summed E-state index contributed by atoms with van der Waals surface area (Å²) in [6.07, 6.45) is 3.58. The maximum atomic E-state index is 11.5. The van der Waals surface area contributed by atoms with Gasteiger partial charge in [0.25, 0.3) is 0 Å². The first-order valence-electron chi connectivity index (χ1n) is 4.37. The molecular weight excluding hydrogens is 174 g/mol. The first-order valence-corrected chi connectivity index (χ1v) is 5.65. The van der Waals surface area contributed by atoms with Gasteiger partial charge in [-0.2, -0.15) is 0 Å². The standard InChI is InChI=1S/C8H13NO2S/c9-8(10)5-3-6-1-2-7(4-5)12(6)11/h5-7H,1-4H2,(H2,9,10). The van der Waals surface area contributed by atoms with Crippen molar-refractivity contribution in [2.75, 3.05) is 0 Å². The number of rotatable bonds is 1. The van der Waals surface area contributed by atoms with Gasteiger partial charge >= 0.3 is 0 Å². The summed E-state index contributed by atoms with van der Waals surface area (Å²) in [5.74, 6) is -0.205. The van der Waals surface area contributed by atoms with Crippen LogP contribution in [-0.4, -0.2) is 20.6 Å². The molecule has 2 aliphatic heterocycles. The fraction of sp³-hybridized carbons (Fsp3) is 0.875. The van der Waals surface area contributed by atoms with Crippen LogP contribution in [0.5, 0.6) is 0 Å². The van der Waals surface area contributed by atoms with Crippen LogP contribution in [0.15, 0.2) is 0 Å². The minimum atomic E-state index is -0.664. The molecule has 2 saturated heterocycles. The summed E-state index contributed by atoms with van der Waals surface area (Å²) in [4.78, 5) is 10.9. The van der Waals surface area contributed by atoms with Crippen LogP contribution in [0.4, 0.5) is 0 Å². The average molecular weight is 187 g/mol. The Balaban J connectivity index is 2.12. The summed E-state index contributed by atoms with van der Waals surface area (Å²) in [7, 11) is -0.664. The Hall–Kier alpha value is -0.380. The number of primary amides is 1. The molecule has 2 fully saturated rings. The van der Waals surface area contributed by atoms with Crippen molar-refractivity contribution >= 4 is 16.7 Å². The van der Waals surface area contributed by atoms with Crippen molar-refractivity contribution in [3.05, 3.63) is 0 Å². The minimum absolute atomic E-state index is 0.000185. The van der Waals surface area contributed by atoms with E-state index in [0.29, 0.717) is 0 Å². The molecule has 2 bridgehead atoms. The fourth-order valence-electron chi connectivity index (χ4n) is 2.26. The van der Waals surface area contributed by atoms with E-state index in [4.69, 9.17) is 5.73 Å². The molecule has 4 heteroatoms. The molecule has 2 heterocycles. The third-order valence-corrected chi connectivity index (χ3v) is 5.14. The van der Waals surface area contributed by atoms with E-state index < -0.39 is 10.8 Å². The Morgan fingerprint density at radius 1 is 1.25 bits per heavy atom. The van der Waals surface area contributed by atoms with Crippen molar-refractivity contribution in [1.82, 2.24) is 0 Å². The lowest BCUT2D eigenvalue weighted by molar-refractivity contribution is -0.122. The number of carbonyl (C=O) groups is 1. The van der Waals surface area contributed by atoms with E-state index in [1.54, 1.807) is 0 Å². The summed E-state index contributed by atoms with van der Waals surface area (Å²) in [6, 6.07) is 0. The summed E-state index contributed by atoms with van der Waals surface area (Å²) >= 11 is 0. The number of nitrogens with two attached hydrogens (primary N) is 1. The van der Waals surface area contributed by atoms with E-state index in [9.17, 15) is 9.00 Å². The largest absolute Gasteiger partial charge is 0.369 e. The quantitative estimate of drug-likeness (QED) is 0.635. The normalized spacial score (nSPS) is 46.0. The molecule has 2 N–H and O–H groups in total. The minimum Gasteiger partial charge on any atom is -0.369 e.